The minimum atomic E-state index is -0.537. The fourth-order valence-electron chi connectivity index (χ4n) is 3.48. The summed E-state index contributed by atoms with van der Waals surface area (Å²) in [5, 5.41) is 4.94. The van der Waals surface area contributed by atoms with Crippen molar-refractivity contribution in [3.63, 3.8) is 0 Å². The summed E-state index contributed by atoms with van der Waals surface area (Å²) in [5.41, 5.74) is 1.20. The molecule has 0 spiro atoms. The van der Waals surface area contributed by atoms with Crippen molar-refractivity contribution in [1.29, 1.82) is 0 Å². The summed E-state index contributed by atoms with van der Waals surface area (Å²) in [7, 11) is 0. The second kappa shape index (κ2) is 9.40. The van der Waals surface area contributed by atoms with E-state index in [4.69, 9.17) is 9.47 Å². The summed E-state index contributed by atoms with van der Waals surface area (Å²) in [6.45, 7) is 2.71. The number of aromatic nitrogens is 1. The summed E-state index contributed by atoms with van der Waals surface area (Å²) >= 11 is 3.21. The van der Waals surface area contributed by atoms with Gasteiger partial charge >= 0.3 is 5.97 Å². The van der Waals surface area contributed by atoms with Gasteiger partial charge in [-0.25, -0.2) is 9.78 Å². The van der Waals surface area contributed by atoms with Gasteiger partial charge in [0.25, 0.3) is 5.91 Å². The van der Waals surface area contributed by atoms with Crippen molar-refractivity contribution in [1.82, 2.24) is 9.88 Å². The van der Waals surface area contributed by atoms with Crippen LogP contribution in [0.3, 0.4) is 0 Å². The zero-order valence-corrected chi connectivity index (χ0v) is 18.2. The van der Waals surface area contributed by atoms with Gasteiger partial charge in [0.2, 0.25) is 0 Å². The zero-order chi connectivity index (χ0) is 20.9. The molecule has 3 heterocycles. The number of hydrogen-bond donors (Lipinski definition) is 0. The first kappa shape index (κ1) is 20.6. The number of thiazole rings is 1. The number of esters is 1. The molecule has 1 aromatic carbocycles. The molecule has 1 aliphatic rings. The topological polar surface area (TPSA) is 68.7 Å². The summed E-state index contributed by atoms with van der Waals surface area (Å²) in [6.07, 6.45) is 1.90. The molecule has 1 unspecified atom stereocenters. The Morgan fingerprint density at radius 2 is 2.13 bits per heavy atom. The van der Waals surface area contributed by atoms with Crippen molar-refractivity contribution in [3.05, 3.63) is 68.3 Å². The van der Waals surface area contributed by atoms with Gasteiger partial charge in [-0.3, -0.25) is 4.79 Å². The van der Waals surface area contributed by atoms with Gasteiger partial charge in [0, 0.05) is 16.8 Å². The van der Waals surface area contributed by atoms with Crippen molar-refractivity contribution in [2.24, 2.45) is 0 Å². The standard InChI is InChI=1S/C22H22N2O4S2/c1-15-23-17(14-30-15)12-27-18-6-2-5-16(11-18)22(26)28-13-21(25)24-9-3-7-19(24)20-8-4-10-29-20/h2,4-6,8,10-11,14,19H,3,7,9,12-13H2,1H3. The summed E-state index contributed by atoms with van der Waals surface area (Å²) in [6, 6.07) is 10.9. The van der Waals surface area contributed by atoms with Crippen LogP contribution in [-0.2, 0) is 16.1 Å². The lowest BCUT2D eigenvalue weighted by Gasteiger charge is -2.23. The Labute approximate surface area is 183 Å². The molecule has 4 rings (SSSR count). The lowest BCUT2D eigenvalue weighted by molar-refractivity contribution is -0.135. The molecule has 1 fully saturated rings. The van der Waals surface area contributed by atoms with E-state index in [0.717, 1.165) is 23.5 Å². The van der Waals surface area contributed by atoms with E-state index in [1.54, 1.807) is 46.9 Å². The van der Waals surface area contributed by atoms with Crippen molar-refractivity contribution < 1.29 is 19.1 Å². The number of hydrogen-bond acceptors (Lipinski definition) is 7. The van der Waals surface area contributed by atoms with Gasteiger partial charge in [0.05, 0.1) is 22.3 Å². The van der Waals surface area contributed by atoms with Crippen LogP contribution in [0.1, 0.15) is 44.8 Å². The van der Waals surface area contributed by atoms with Crippen LogP contribution in [-0.4, -0.2) is 34.9 Å². The maximum atomic E-state index is 12.6. The van der Waals surface area contributed by atoms with E-state index >= 15 is 0 Å². The molecule has 8 heteroatoms. The normalized spacial score (nSPS) is 15.9. The predicted octanol–water partition coefficient (Wildman–Crippen LogP) is 4.61. The monoisotopic (exact) mass is 442 g/mol. The van der Waals surface area contributed by atoms with Gasteiger partial charge in [-0.2, -0.15) is 0 Å². The van der Waals surface area contributed by atoms with Gasteiger partial charge < -0.3 is 14.4 Å². The number of ether oxygens (including phenoxy) is 2. The molecule has 156 valence electrons. The molecule has 2 aromatic heterocycles. The van der Waals surface area contributed by atoms with Gasteiger partial charge in [-0.1, -0.05) is 12.1 Å². The van der Waals surface area contributed by atoms with Crippen molar-refractivity contribution in [2.75, 3.05) is 13.2 Å². The average molecular weight is 443 g/mol. The molecule has 0 saturated carbocycles. The lowest BCUT2D eigenvalue weighted by Crippen LogP contribution is -2.34. The molecule has 3 aromatic rings. The van der Waals surface area contributed by atoms with Crippen LogP contribution in [0.5, 0.6) is 5.75 Å². The maximum Gasteiger partial charge on any atom is 0.338 e. The smallest absolute Gasteiger partial charge is 0.338 e. The minimum absolute atomic E-state index is 0.0854. The Balaban J connectivity index is 1.32. The summed E-state index contributed by atoms with van der Waals surface area (Å²) < 4.78 is 11.0. The number of benzene rings is 1. The molecule has 1 atom stereocenters. The van der Waals surface area contributed by atoms with Crippen LogP contribution in [0.15, 0.2) is 47.2 Å². The third-order valence-corrected chi connectivity index (χ3v) is 6.69. The Bertz CT molecular complexity index is 1020. The number of likely N-dealkylation sites (tertiary alicyclic amines) is 1. The number of aryl methyl sites for hydroxylation is 1. The number of amides is 1. The molecule has 30 heavy (non-hydrogen) atoms. The van der Waals surface area contributed by atoms with Crippen LogP contribution in [0.2, 0.25) is 0 Å². The van der Waals surface area contributed by atoms with Crippen molar-refractivity contribution in [2.45, 2.75) is 32.4 Å². The molecule has 1 amide bonds. The van der Waals surface area contributed by atoms with Crippen molar-refractivity contribution in [3.8, 4) is 5.75 Å². The second-order valence-electron chi connectivity index (χ2n) is 7.01. The number of rotatable bonds is 7. The Morgan fingerprint density at radius 3 is 2.90 bits per heavy atom. The first-order valence-electron chi connectivity index (χ1n) is 9.74. The Kier molecular flexibility index (Phi) is 6.44. The van der Waals surface area contributed by atoms with E-state index in [1.165, 1.54) is 4.88 Å². The molecule has 0 N–H and O–H groups in total. The van der Waals surface area contributed by atoms with Crippen LogP contribution < -0.4 is 4.74 Å². The average Bonchev–Trinajstić information content (AvgIpc) is 3.51. The fourth-order valence-corrected chi connectivity index (χ4v) is 4.95. The highest BCUT2D eigenvalue weighted by Crippen LogP contribution is 2.34. The number of carbonyl (C=O) groups is 2. The van der Waals surface area contributed by atoms with Crippen molar-refractivity contribution >= 4 is 34.6 Å². The SMILES string of the molecule is Cc1nc(COc2cccc(C(=O)OCC(=O)N3CCCC3c3cccs3)c2)cs1. The molecule has 0 aliphatic carbocycles. The molecule has 0 bridgehead atoms. The highest BCUT2D eigenvalue weighted by molar-refractivity contribution is 7.10. The Morgan fingerprint density at radius 1 is 1.23 bits per heavy atom. The van der Waals surface area contributed by atoms with E-state index in [9.17, 15) is 9.59 Å². The van der Waals surface area contributed by atoms with Crippen LogP contribution >= 0.6 is 22.7 Å². The van der Waals surface area contributed by atoms with E-state index in [0.29, 0.717) is 24.5 Å². The quantitative estimate of drug-likeness (QED) is 0.500. The molecule has 1 saturated heterocycles. The summed E-state index contributed by atoms with van der Waals surface area (Å²) in [5.74, 6) is -0.144. The molecular formula is C22H22N2O4S2. The van der Waals surface area contributed by atoms with Gasteiger partial charge in [0.15, 0.2) is 6.61 Å². The van der Waals surface area contributed by atoms with Gasteiger partial charge in [-0.05, 0) is 49.4 Å². The molecule has 1 aliphatic heterocycles. The molecule has 0 radical (unpaired) electrons. The third kappa shape index (κ3) is 4.88. The first-order chi connectivity index (χ1) is 14.6. The Hall–Kier alpha value is -2.71. The second-order valence-corrected chi connectivity index (χ2v) is 9.05. The van der Waals surface area contributed by atoms with Crippen LogP contribution in [0, 0.1) is 6.92 Å². The summed E-state index contributed by atoms with van der Waals surface area (Å²) in [4.78, 5) is 32.4. The molecule has 6 nitrogen and oxygen atoms in total. The third-order valence-electron chi connectivity index (χ3n) is 4.89. The lowest BCUT2D eigenvalue weighted by atomic mass is 10.2. The van der Waals surface area contributed by atoms with E-state index in [1.807, 2.05) is 34.7 Å². The minimum Gasteiger partial charge on any atom is -0.487 e. The molecular weight excluding hydrogens is 420 g/mol. The van der Waals surface area contributed by atoms with Crippen LogP contribution in [0.4, 0.5) is 0 Å². The largest absolute Gasteiger partial charge is 0.487 e. The zero-order valence-electron chi connectivity index (χ0n) is 16.6. The van der Waals surface area contributed by atoms with Crippen LogP contribution in [0.25, 0.3) is 0 Å². The highest BCUT2D eigenvalue weighted by Gasteiger charge is 2.31. The number of nitrogens with zero attached hydrogens (tertiary/aromatic N) is 2. The fraction of sp³-hybridized carbons (Fsp3) is 0.318. The number of thiophene rings is 1. The first-order valence-corrected chi connectivity index (χ1v) is 11.5. The van der Waals surface area contributed by atoms with E-state index in [2.05, 4.69) is 4.98 Å². The van der Waals surface area contributed by atoms with E-state index < -0.39 is 5.97 Å². The number of carbonyl (C=O) groups excluding carboxylic acids is 2. The van der Waals surface area contributed by atoms with Gasteiger partial charge in [-0.15, -0.1) is 22.7 Å². The highest BCUT2D eigenvalue weighted by atomic mass is 32.1. The van der Waals surface area contributed by atoms with E-state index in [-0.39, 0.29) is 18.6 Å². The van der Waals surface area contributed by atoms with Gasteiger partial charge in [0.1, 0.15) is 12.4 Å². The maximum absolute atomic E-state index is 12.6. The predicted molar refractivity (Wildman–Crippen MR) is 116 cm³/mol.